The van der Waals surface area contributed by atoms with E-state index in [1.165, 1.54) is 26.0 Å². The first-order chi connectivity index (χ1) is 19.4. The fourth-order valence-electron chi connectivity index (χ4n) is 6.58. The van der Waals surface area contributed by atoms with Gasteiger partial charge >= 0.3 is 17.9 Å². The molecule has 0 aliphatic heterocycles. The number of carbonyl (C=O) groups is 5. The topological polar surface area (TPSA) is 154 Å². The van der Waals surface area contributed by atoms with Gasteiger partial charge in [-0.2, -0.15) is 0 Å². The summed E-state index contributed by atoms with van der Waals surface area (Å²) in [4.78, 5) is 65.9. The van der Waals surface area contributed by atoms with E-state index in [1.54, 1.807) is 52.0 Å². The van der Waals surface area contributed by atoms with Crippen molar-refractivity contribution in [1.29, 1.82) is 0 Å². The van der Waals surface area contributed by atoms with Crippen molar-refractivity contribution in [3.63, 3.8) is 0 Å². The highest BCUT2D eigenvalue weighted by atomic mass is 16.6. The van der Waals surface area contributed by atoms with Gasteiger partial charge in [0.1, 0.15) is 11.7 Å². The van der Waals surface area contributed by atoms with Gasteiger partial charge in [0.2, 0.25) is 0 Å². The molecule has 2 unspecified atom stereocenters. The number of rotatable bonds is 8. The Morgan fingerprint density at radius 2 is 1.60 bits per heavy atom. The maximum atomic E-state index is 14.4. The largest absolute Gasteiger partial charge is 0.455 e. The van der Waals surface area contributed by atoms with Crippen LogP contribution in [0.3, 0.4) is 0 Å². The van der Waals surface area contributed by atoms with E-state index in [1.807, 2.05) is 0 Å². The molecule has 2 aliphatic rings. The van der Waals surface area contributed by atoms with Gasteiger partial charge in [-0.05, 0) is 43.9 Å². The molecule has 1 saturated carbocycles. The molecule has 10 heteroatoms. The van der Waals surface area contributed by atoms with Crippen LogP contribution in [0.1, 0.15) is 78.6 Å². The molecule has 3 rings (SSSR count). The summed E-state index contributed by atoms with van der Waals surface area (Å²) in [7, 11) is 0. The van der Waals surface area contributed by atoms with Gasteiger partial charge in [-0.15, -0.1) is 0 Å². The molecule has 1 fully saturated rings. The van der Waals surface area contributed by atoms with Crippen LogP contribution in [-0.4, -0.2) is 69.7 Å². The SMILES string of the molecule is CC(=O)O[C@H]1CC(C)[C@@](C)(C(=O)[C@@H](C)OC(C)=O)C([C@H](OC(=O)c2ccccc2)[C@]2(O)C[C@H](O)C(C)=CC2(C)C)C1=O. The number of ether oxygens (including phenoxy) is 3. The van der Waals surface area contributed by atoms with Gasteiger partial charge in [-0.25, -0.2) is 4.79 Å². The first-order valence-electron chi connectivity index (χ1n) is 14.1. The zero-order chi connectivity index (χ0) is 31.8. The van der Waals surface area contributed by atoms with Crippen molar-refractivity contribution in [1.82, 2.24) is 0 Å². The van der Waals surface area contributed by atoms with Crippen molar-refractivity contribution in [2.24, 2.45) is 22.7 Å². The Labute approximate surface area is 246 Å². The molecule has 10 nitrogen and oxygen atoms in total. The molecular weight excluding hydrogens is 544 g/mol. The summed E-state index contributed by atoms with van der Waals surface area (Å²) in [6, 6.07) is 7.97. The number of hydrogen-bond donors (Lipinski definition) is 2. The standard InChI is InChI=1S/C32H42O10/c1-17-15-30(6,7)32(39,16-23(17)35)28(42-29(38)22-12-10-9-11-13-22)25-26(36)24(41-21(5)34)14-18(2)31(25,8)27(37)19(3)40-20(4)33/h9-13,15,18-19,23-25,28,35,39H,14,16H2,1-8H3/t18?,19-,23+,24+,25?,28+,31-,32-/m1/s1. The minimum Gasteiger partial charge on any atom is -0.455 e. The second-order valence-corrected chi connectivity index (χ2v) is 12.5. The third-order valence-corrected chi connectivity index (χ3v) is 9.16. The number of ketones is 2. The Morgan fingerprint density at radius 1 is 1.00 bits per heavy atom. The number of esters is 3. The van der Waals surface area contributed by atoms with Gasteiger partial charge in [0, 0.05) is 31.1 Å². The fourth-order valence-corrected chi connectivity index (χ4v) is 6.58. The van der Waals surface area contributed by atoms with E-state index in [2.05, 4.69) is 0 Å². The predicted octanol–water partition coefficient (Wildman–Crippen LogP) is 3.36. The van der Waals surface area contributed by atoms with Gasteiger partial charge < -0.3 is 24.4 Å². The molecule has 0 radical (unpaired) electrons. The molecular formula is C32H42O10. The van der Waals surface area contributed by atoms with Crippen molar-refractivity contribution < 1.29 is 48.4 Å². The number of aliphatic hydroxyl groups excluding tert-OH is 1. The van der Waals surface area contributed by atoms with Crippen LogP contribution in [0.2, 0.25) is 0 Å². The number of Topliss-reactive ketones (excluding diaryl/α,β-unsaturated/α-hetero) is 2. The highest BCUT2D eigenvalue weighted by molar-refractivity contribution is 5.99. The lowest BCUT2D eigenvalue weighted by atomic mass is 9.51. The lowest BCUT2D eigenvalue weighted by molar-refractivity contribution is -0.208. The van der Waals surface area contributed by atoms with Crippen LogP contribution >= 0.6 is 0 Å². The number of benzene rings is 1. The Morgan fingerprint density at radius 3 is 2.14 bits per heavy atom. The van der Waals surface area contributed by atoms with Crippen LogP contribution < -0.4 is 0 Å². The van der Waals surface area contributed by atoms with Crippen LogP contribution in [0.15, 0.2) is 42.0 Å². The van der Waals surface area contributed by atoms with Crippen LogP contribution in [0.25, 0.3) is 0 Å². The summed E-state index contributed by atoms with van der Waals surface area (Å²) in [5, 5.41) is 23.4. The minimum atomic E-state index is -2.07. The number of hydrogen-bond acceptors (Lipinski definition) is 10. The smallest absolute Gasteiger partial charge is 0.338 e. The van der Waals surface area contributed by atoms with Gasteiger partial charge in [0.05, 0.1) is 17.6 Å². The molecule has 8 atom stereocenters. The Kier molecular flexibility index (Phi) is 9.54. The molecule has 2 N–H and O–H groups in total. The van der Waals surface area contributed by atoms with Crippen LogP contribution in [0, 0.1) is 22.7 Å². The number of aliphatic hydroxyl groups is 2. The predicted molar refractivity (Wildman–Crippen MR) is 151 cm³/mol. The summed E-state index contributed by atoms with van der Waals surface area (Å²) >= 11 is 0. The summed E-state index contributed by atoms with van der Waals surface area (Å²) in [6.07, 6.45) is -4.06. The van der Waals surface area contributed by atoms with E-state index in [0.29, 0.717) is 5.57 Å². The third kappa shape index (κ3) is 6.06. The molecule has 0 amide bonds. The fraction of sp³-hybridized carbons (Fsp3) is 0.594. The quantitative estimate of drug-likeness (QED) is 0.263. The first kappa shape index (κ1) is 33.1. The summed E-state index contributed by atoms with van der Waals surface area (Å²) < 4.78 is 16.7. The zero-order valence-electron chi connectivity index (χ0n) is 25.5. The maximum Gasteiger partial charge on any atom is 0.338 e. The molecule has 1 aromatic rings. The monoisotopic (exact) mass is 586 g/mol. The molecule has 0 bridgehead atoms. The lowest BCUT2D eigenvalue weighted by Crippen LogP contribution is -2.68. The Hall–Kier alpha value is -3.37. The van der Waals surface area contributed by atoms with Crippen molar-refractivity contribution in [3.05, 3.63) is 47.5 Å². The van der Waals surface area contributed by atoms with Gasteiger partial charge in [-0.1, -0.05) is 52.0 Å². The summed E-state index contributed by atoms with van der Waals surface area (Å²) in [5.41, 5.74) is -4.17. The number of carbonyl (C=O) groups excluding carboxylic acids is 5. The highest BCUT2D eigenvalue weighted by Crippen LogP contribution is 2.55. The highest BCUT2D eigenvalue weighted by Gasteiger charge is 2.66. The summed E-state index contributed by atoms with van der Waals surface area (Å²) in [5.74, 6) is -5.82. The molecule has 230 valence electrons. The van der Waals surface area contributed by atoms with E-state index in [-0.39, 0.29) is 18.4 Å². The first-order valence-corrected chi connectivity index (χ1v) is 14.1. The Bertz CT molecular complexity index is 1270. The maximum absolute atomic E-state index is 14.4. The second kappa shape index (κ2) is 12.1. The van der Waals surface area contributed by atoms with E-state index in [4.69, 9.17) is 14.2 Å². The van der Waals surface area contributed by atoms with Crippen LogP contribution in [0.5, 0.6) is 0 Å². The molecule has 0 aromatic heterocycles. The van der Waals surface area contributed by atoms with E-state index in [0.717, 1.165) is 13.8 Å². The molecule has 0 saturated heterocycles. The van der Waals surface area contributed by atoms with E-state index >= 15 is 0 Å². The average molecular weight is 587 g/mol. The van der Waals surface area contributed by atoms with Crippen LogP contribution in [-0.2, 0) is 33.4 Å². The average Bonchev–Trinajstić information content (AvgIpc) is 2.89. The van der Waals surface area contributed by atoms with Crippen molar-refractivity contribution in [3.8, 4) is 0 Å². The molecule has 2 aliphatic carbocycles. The van der Waals surface area contributed by atoms with Gasteiger partial charge in [0.25, 0.3) is 0 Å². The third-order valence-electron chi connectivity index (χ3n) is 9.16. The van der Waals surface area contributed by atoms with Crippen LogP contribution in [0.4, 0.5) is 0 Å². The molecule has 1 aromatic carbocycles. The molecule has 0 spiro atoms. The minimum absolute atomic E-state index is 0.0211. The zero-order valence-corrected chi connectivity index (χ0v) is 25.5. The second-order valence-electron chi connectivity index (χ2n) is 12.5. The van der Waals surface area contributed by atoms with Crippen molar-refractivity contribution >= 4 is 29.5 Å². The summed E-state index contributed by atoms with van der Waals surface area (Å²) in [6.45, 7) is 12.0. The normalized spacial score (nSPS) is 32.1. The molecule has 0 heterocycles. The van der Waals surface area contributed by atoms with Crippen molar-refractivity contribution in [2.75, 3.05) is 0 Å². The molecule has 42 heavy (non-hydrogen) atoms. The van der Waals surface area contributed by atoms with Gasteiger partial charge in [0.15, 0.2) is 23.8 Å². The van der Waals surface area contributed by atoms with Crippen molar-refractivity contribution in [2.45, 2.75) is 98.2 Å². The Balaban J connectivity index is 2.31. The van der Waals surface area contributed by atoms with E-state index in [9.17, 15) is 34.2 Å². The van der Waals surface area contributed by atoms with Gasteiger partial charge in [-0.3, -0.25) is 19.2 Å². The van der Waals surface area contributed by atoms with E-state index < -0.39 is 82.2 Å². The lowest BCUT2D eigenvalue weighted by Gasteiger charge is -2.56.